The summed E-state index contributed by atoms with van der Waals surface area (Å²) in [5, 5.41) is 0.729. The molecule has 0 unspecified atom stereocenters. The molecule has 4 nitrogen and oxygen atoms in total. The highest BCUT2D eigenvalue weighted by Gasteiger charge is 2.32. The molecular weight excluding hydrogens is 392 g/mol. The maximum atomic E-state index is 13.0. The van der Waals surface area contributed by atoms with Crippen molar-refractivity contribution in [3.63, 3.8) is 0 Å². The van der Waals surface area contributed by atoms with Gasteiger partial charge in [-0.25, -0.2) is 4.99 Å². The van der Waals surface area contributed by atoms with Gasteiger partial charge in [0.1, 0.15) is 5.75 Å². The predicted octanol–water partition coefficient (Wildman–Crippen LogP) is 6.37. The van der Waals surface area contributed by atoms with Gasteiger partial charge in [0.25, 0.3) is 5.91 Å². The van der Waals surface area contributed by atoms with Crippen molar-refractivity contribution in [2.24, 2.45) is 4.99 Å². The molecule has 1 amide bonds. The van der Waals surface area contributed by atoms with Gasteiger partial charge in [0.05, 0.1) is 17.7 Å². The number of thioether (sulfide) groups is 1. The Balaban J connectivity index is 2.00. The molecule has 0 N–H and O–H groups in total. The van der Waals surface area contributed by atoms with Gasteiger partial charge in [-0.1, -0.05) is 19.9 Å². The summed E-state index contributed by atoms with van der Waals surface area (Å²) in [6, 6.07) is 10.3. The average molecular weight is 423 g/mol. The number of hydrogen-bond donors (Lipinski definition) is 0. The van der Waals surface area contributed by atoms with E-state index < -0.39 is 0 Å². The van der Waals surface area contributed by atoms with Crippen LogP contribution in [0, 0.1) is 20.8 Å². The molecule has 0 aromatic heterocycles. The number of hydrogen-bond acceptors (Lipinski definition) is 4. The fourth-order valence-corrected chi connectivity index (χ4v) is 4.47. The van der Waals surface area contributed by atoms with Gasteiger partial charge in [-0.15, -0.1) is 0 Å². The van der Waals surface area contributed by atoms with Crippen LogP contribution in [0.15, 0.2) is 40.2 Å². The van der Waals surface area contributed by atoms with Crippen molar-refractivity contribution in [3.8, 4) is 5.75 Å². The number of amidine groups is 1. The number of nitrogens with zero attached hydrogens (tertiary/aromatic N) is 2. The SMILES string of the molecule is CCN1C(=O)/C(=C\c2cc(C(C)C)c(OC)cc2C)SC1=Nc1ccc(C)c(C)c1. The zero-order chi connectivity index (χ0) is 22.0. The Kier molecular flexibility index (Phi) is 6.71. The Morgan fingerprint density at radius 3 is 2.43 bits per heavy atom. The minimum atomic E-state index is 0.00592. The highest BCUT2D eigenvalue weighted by atomic mass is 32.2. The zero-order valence-electron chi connectivity index (χ0n) is 18.9. The van der Waals surface area contributed by atoms with Crippen LogP contribution in [0.5, 0.6) is 5.75 Å². The van der Waals surface area contributed by atoms with E-state index >= 15 is 0 Å². The molecule has 1 aliphatic rings. The van der Waals surface area contributed by atoms with E-state index in [9.17, 15) is 4.79 Å². The quantitative estimate of drug-likeness (QED) is 0.526. The van der Waals surface area contributed by atoms with Crippen LogP contribution in [0.1, 0.15) is 54.5 Å². The first-order valence-corrected chi connectivity index (χ1v) is 11.1. The molecule has 158 valence electrons. The summed E-state index contributed by atoms with van der Waals surface area (Å²) in [5.41, 5.74) is 6.56. The van der Waals surface area contributed by atoms with E-state index in [1.807, 2.05) is 32.1 Å². The minimum Gasteiger partial charge on any atom is -0.496 e. The van der Waals surface area contributed by atoms with E-state index in [1.165, 1.54) is 22.9 Å². The van der Waals surface area contributed by atoms with Gasteiger partial charge in [0, 0.05) is 6.54 Å². The van der Waals surface area contributed by atoms with Crippen molar-refractivity contribution in [2.75, 3.05) is 13.7 Å². The summed E-state index contributed by atoms with van der Waals surface area (Å²) < 4.78 is 5.55. The van der Waals surface area contributed by atoms with Crippen LogP contribution in [0.2, 0.25) is 0 Å². The number of carbonyl (C=O) groups is 1. The van der Waals surface area contributed by atoms with Gasteiger partial charge in [-0.2, -0.15) is 0 Å². The topological polar surface area (TPSA) is 41.9 Å². The van der Waals surface area contributed by atoms with Gasteiger partial charge in [-0.3, -0.25) is 9.69 Å². The summed E-state index contributed by atoms with van der Waals surface area (Å²) >= 11 is 1.44. The highest BCUT2D eigenvalue weighted by Crippen LogP contribution is 2.36. The molecule has 2 aromatic rings. The summed E-state index contributed by atoms with van der Waals surface area (Å²) in [6.07, 6.45) is 1.99. The number of aryl methyl sites for hydroxylation is 3. The van der Waals surface area contributed by atoms with E-state index in [-0.39, 0.29) is 5.91 Å². The Morgan fingerprint density at radius 1 is 1.10 bits per heavy atom. The number of benzene rings is 2. The number of methoxy groups -OCH3 is 1. The van der Waals surface area contributed by atoms with Crippen LogP contribution in [0.3, 0.4) is 0 Å². The monoisotopic (exact) mass is 422 g/mol. The molecule has 1 heterocycles. The number of rotatable bonds is 5. The van der Waals surface area contributed by atoms with E-state index in [1.54, 1.807) is 12.0 Å². The molecule has 0 bridgehead atoms. The molecule has 30 heavy (non-hydrogen) atoms. The third kappa shape index (κ3) is 4.46. The van der Waals surface area contributed by atoms with Gasteiger partial charge < -0.3 is 4.74 Å². The van der Waals surface area contributed by atoms with E-state index in [2.05, 4.69) is 45.9 Å². The lowest BCUT2D eigenvalue weighted by Gasteiger charge is -2.15. The summed E-state index contributed by atoms with van der Waals surface area (Å²) in [5.74, 6) is 1.23. The second-order valence-corrected chi connectivity index (χ2v) is 8.94. The van der Waals surface area contributed by atoms with Gasteiger partial charge >= 0.3 is 0 Å². The van der Waals surface area contributed by atoms with Crippen molar-refractivity contribution < 1.29 is 9.53 Å². The maximum Gasteiger partial charge on any atom is 0.266 e. The fraction of sp³-hybridized carbons (Fsp3) is 0.360. The Bertz CT molecular complexity index is 1040. The average Bonchev–Trinajstić information content (AvgIpc) is 2.99. The van der Waals surface area contributed by atoms with Gasteiger partial charge in [0.15, 0.2) is 5.17 Å². The molecule has 0 spiro atoms. The summed E-state index contributed by atoms with van der Waals surface area (Å²) in [4.78, 5) is 20.3. The van der Waals surface area contributed by atoms with Gasteiger partial charge in [-0.05, 0) is 104 Å². The molecule has 0 aliphatic carbocycles. The number of ether oxygens (including phenoxy) is 1. The first kappa shape index (κ1) is 22.2. The standard InChI is InChI=1S/C25H30N2O2S/c1-8-27-24(28)23(30-25(27)26-20-10-9-16(4)17(5)11-20)14-19-13-21(15(2)3)22(29-7)12-18(19)6/h9-15H,8H2,1-7H3/b23-14+,26-25?. The van der Waals surface area contributed by atoms with E-state index in [4.69, 9.17) is 9.73 Å². The minimum absolute atomic E-state index is 0.00592. The third-order valence-electron chi connectivity index (χ3n) is 5.45. The zero-order valence-corrected chi connectivity index (χ0v) is 19.7. The lowest BCUT2D eigenvalue weighted by Crippen LogP contribution is -2.28. The fourth-order valence-electron chi connectivity index (χ4n) is 3.42. The third-order valence-corrected chi connectivity index (χ3v) is 6.45. The van der Waals surface area contributed by atoms with Crippen LogP contribution < -0.4 is 4.74 Å². The van der Waals surface area contributed by atoms with Crippen LogP contribution in [0.4, 0.5) is 5.69 Å². The van der Waals surface area contributed by atoms with Crippen LogP contribution in [-0.2, 0) is 4.79 Å². The molecule has 1 aliphatic heterocycles. The normalized spacial score (nSPS) is 16.9. The van der Waals surface area contributed by atoms with Crippen LogP contribution in [-0.4, -0.2) is 29.6 Å². The molecule has 5 heteroatoms. The van der Waals surface area contributed by atoms with E-state index in [0.717, 1.165) is 33.3 Å². The summed E-state index contributed by atoms with van der Waals surface area (Å²) in [7, 11) is 1.70. The molecule has 0 atom stereocenters. The van der Waals surface area contributed by atoms with Crippen molar-refractivity contribution in [1.82, 2.24) is 4.90 Å². The van der Waals surface area contributed by atoms with Crippen molar-refractivity contribution in [3.05, 3.63) is 63.1 Å². The molecule has 0 radical (unpaired) electrons. The summed E-state index contributed by atoms with van der Waals surface area (Å²) in [6.45, 7) is 13.1. The Labute approximate surface area is 184 Å². The van der Waals surface area contributed by atoms with Crippen LogP contribution >= 0.6 is 11.8 Å². The first-order valence-electron chi connectivity index (χ1n) is 10.3. The second kappa shape index (κ2) is 9.09. The maximum absolute atomic E-state index is 13.0. The number of carbonyl (C=O) groups excluding carboxylic acids is 1. The highest BCUT2D eigenvalue weighted by molar-refractivity contribution is 8.18. The Hall–Kier alpha value is -2.53. The first-order chi connectivity index (χ1) is 14.2. The van der Waals surface area contributed by atoms with E-state index in [0.29, 0.717) is 17.4 Å². The smallest absolute Gasteiger partial charge is 0.266 e. The second-order valence-electron chi connectivity index (χ2n) is 7.93. The lowest BCUT2D eigenvalue weighted by molar-refractivity contribution is -0.122. The number of likely N-dealkylation sites (N-methyl/N-ethyl adjacent to an activating group) is 1. The molecule has 3 rings (SSSR count). The van der Waals surface area contributed by atoms with Crippen molar-refractivity contribution in [2.45, 2.75) is 47.5 Å². The predicted molar refractivity (Wildman–Crippen MR) is 128 cm³/mol. The Morgan fingerprint density at radius 2 is 1.83 bits per heavy atom. The number of aliphatic imine (C=N–C) groups is 1. The molecular formula is C25H30N2O2S. The van der Waals surface area contributed by atoms with Crippen LogP contribution in [0.25, 0.3) is 6.08 Å². The van der Waals surface area contributed by atoms with Crippen molar-refractivity contribution in [1.29, 1.82) is 0 Å². The molecule has 1 fully saturated rings. The molecule has 0 saturated carbocycles. The largest absolute Gasteiger partial charge is 0.496 e. The van der Waals surface area contributed by atoms with Crippen molar-refractivity contribution >= 4 is 34.6 Å². The molecule has 1 saturated heterocycles. The molecule has 2 aromatic carbocycles. The van der Waals surface area contributed by atoms with Gasteiger partial charge in [0.2, 0.25) is 0 Å². The number of amides is 1. The lowest BCUT2D eigenvalue weighted by atomic mass is 9.96.